The van der Waals surface area contributed by atoms with Gasteiger partial charge in [0, 0.05) is 5.92 Å². The molecule has 0 saturated heterocycles. The van der Waals surface area contributed by atoms with Crippen LogP contribution in [0.2, 0.25) is 0 Å². The lowest BCUT2D eigenvalue weighted by Crippen LogP contribution is -2.33. The summed E-state index contributed by atoms with van der Waals surface area (Å²) in [4.78, 5) is 0. The van der Waals surface area contributed by atoms with Crippen molar-refractivity contribution in [3.8, 4) is 0 Å². The number of benzene rings is 1. The molecule has 2 rings (SSSR count). The summed E-state index contributed by atoms with van der Waals surface area (Å²) in [5, 5.41) is 0. The van der Waals surface area contributed by atoms with Gasteiger partial charge in [-0.25, -0.2) is 0 Å². The third-order valence-electron chi connectivity index (χ3n) is 4.68. The van der Waals surface area contributed by atoms with Gasteiger partial charge in [0.15, 0.2) is 0 Å². The zero-order valence-electron chi connectivity index (χ0n) is 15.5. The number of unbranched alkanes of at least 4 members (excludes halogenated alkanes) is 1. The van der Waals surface area contributed by atoms with E-state index in [1.807, 2.05) is 6.08 Å². The summed E-state index contributed by atoms with van der Waals surface area (Å²) >= 11 is 2.10. The summed E-state index contributed by atoms with van der Waals surface area (Å²) in [6, 6.07) is 11.0. The van der Waals surface area contributed by atoms with Crippen molar-refractivity contribution in [1.29, 1.82) is 0 Å². The molecule has 0 heterocycles. The van der Waals surface area contributed by atoms with E-state index in [0.717, 1.165) is 6.42 Å². The molecule has 0 nitrogen and oxygen atoms in total. The average Bonchev–Trinajstić information content (AvgIpc) is 2.68. The zero-order chi connectivity index (χ0) is 18.0. The molecule has 25 heavy (non-hydrogen) atoms. The van der Waals surface area contributed by atoms with Gasteiger partial charge in [-0.15, -0.1) is 11.8 Å². The minimum absolute atomic E-state index is 0.0635. The summed E-state index contributed by atoms with van der Waals surface area (Å²) in [5.41, 5.74) is 2.76. The van der Waals surface area contributed by atoms with Crippen molar-refractivity contribution in [3.63, 3.8) is 0 Å². The highest BCUT2D eigenvalue weighted by Gasteiger charge is 2.41. The van der Waals surface area contributed by atoms with Gasteiger partial charge in [-0.1, -0.05) is 98.9 Å². The molecule has 0 aliphatic heterocycles. The van der Waals surface area contributed by atoms with Crippen LogP contribution in [-0.4, -0.2) is 5.75 Å². The maximum atomic E-state index is 3.86. The molecule has 0 saturated carbocycles. The van der Waals surface area contributed by atoms with Crippen molar-refractivity contribution in [3.05, 3.63) is 96.7 Å². The second-order valence-corrected chi connectivity index (χ2v) is 7.64. The van der Waals surface area contributed by atoms with Crippen LogP contribution in [0.15, 0.2) is 91.1 Å². The molecule has 1 aliphatic rings. The Kier molecular flexibility index (Phi) is 8.08. The molecule has 0 spiro atoms. The lowest BCUT2D eigenvalue weighted by molar-refractivity contribution is 0.524. The van der Waals surface area contributed by atoms with E-state index < -0.39 is 0 Å². The predicted octanol–water partition coefficient (Wildman–Crippen LogP) is 7.24. The average molecular weight is 351 g/mol. The van der Waals surface area contributed by atoms with E-state index in [1.54, 1.807) is 0 Å². The SMILES string of the molecule is C=C/C=C\C(=C/C)C(SCCCC)(c1ccccc1)C1C=CC=CC1. The molecule has 0 N–H and O–H groups in total. The summed E-state index contributed by atoms with van der Waals surface area (Å²) in [7, 11) is 0. The van der Waals surface area contributed by atoms with Gasteiger partial charge in [-0.3, -0.25) is 0 Å². The molecule has 0 aromatic heterocycles. The molecular weight excluding hydrogens is 320 g/mol. The van der Waals surface area contributed by atoms with Crippen molar-refractivity contribution in [2.24, 2.45) is 5.92 Å². The van der Waals surface area contributed by atoms with Gasteiger partial charge in [0.2, 0.25) is 0 Å². The van der Waals surface area contributed by atoms with E-state index in [9.17, 15) is 0 Å². The van der Waals surface area contributed by atoms with E-state index >= 15 is 0 Å². The van der Waals surface area contributed by atoms with Crippen LogP contribution in [0, 0.1) is 5.92 Å². The Hall–Kier alpha value is -1.73. The third kappa shape index (κ3) is 4.67. The molecule has 1 aliphatic carbocycles. The maximum absolute atomic E-state index is 3.86. The van der Waals surface area contributed by atoms with Gasteiger partial charge in [0.1, 0.15) is 0 Å². The van der Waals surface area contributed by atoms with E-state index in [0.29, 0.717) is 5.92 Å². The van der Waals surface area contributed by atoms with Crippen LogP contribution in [0.3, 0.4) is 0 Å². The molecule has 1 aromatic rings. The molecule has 0 bridgehead atoms. The van der Waals surface area contributed by atoms with Gasteiger partial charge in [-0.2, -0.15) is 0 Å². The van der Waals surface area contributed by atoms with E-state index in [4.69, 9.17) is 0 Å². The van der Waals surface area contributed by atoms with Gasteiger partial charge >= 0.3 is 0 Å². The number of allylic oxidation sites excluding steroid dienone is 8. The monoisotopic (exact) mass is 350 g/mol. The summed E-state index contributed by atoms with van der Waals surface area (Å²) in [6.45, 7) is 8.29. The fourth-order valence-corrected chi connectivity index (χ4v) is 5.22. The Labute approximate surface area is 158 Å². The van der Waals surface area contributed by atoms with Gasteiger partial charge < -0.3 is 0 Å². The molecule has 0 radical (unpaired) electrons. The molecule has 1 aromatic carbocycles. The molecule has 0 fully saturated rings. The topological polar surface area (TPSA) is 0 Å². The largest absolute Gasteiger partial charge is 0.145 e. The summed E-state index contributed by atoms with van der Waals surface area (Å²) < 4.78 is -0.0635. The molecule has 132 valence electrons. The Morgan fingerprint density at radius 2 is 2.08 bits per heavy atom. The van der Waals surface area contributed by atoms with Crippen LogP contribution < -0.4 is 0 Å². The number of hydrogen-bond donors (Lipinski definition) is 0. The number of hydrogen-bond acceptors (Lipinski definition) is 1. The standard InChI is InChI=1S/C24H30S/c1-4-7-15-21(6-3)24(25-20-8-5-2,22-16-11-9-12-17-22)23-18-13-10-14-19-23/h4,6-7,9-18,23H,1,5,8,19-20H2,2-3H3/b15-7-,21-6+. The summed E-state index contributed by atoms with van der Waals surface area (Å²) in [5.74, 6) is 1.61. The van der Waals surface area contributed by atoms with Crippen LogP contribution in [0.4, 0.5) is 0 Å². The van der Waals surface area contributed by atoms with E-state index in [2.05, 4.69) is 105 Å². The molecule has 0 amide bonds. The van der Waals surface area contributed by atoms with Gasteiger partial charge in [-0.05, 0) is 36.7 Å². The van der Waals surface area contributed by atoms with Crippen molar-refractivity contribution >= 4 is 11.8 Å². The van der Waals surface area contributed by atoms with Crippen LogP contribution in [0.1, 0.15) is 38.7 Å². The van der Waals surface area contributed by atoms with Crippen LogP contribution in [-0.2, 0) is 4.75 Å². The highest BCUT2D eigenvalue weighted by molar-refractivity contribution is 8.00. The van der Waals surface area contributed by atoms with Crippen molar-refractivity contribution < 1.29 is 0 Å². The van der Waals surface area contributed by atoms with E-state index in [-0.39, 0.29) is 4.75 Å². The highest BCUT2D eigenvalue weighted by Crippen LogP contribution is 2.52. The van der Waals surface area contributed by atoms with Crippen LogP contribution in [0.25, 0.3) is 0 Å². The normalized spacial score (nSPS) is 19.9. The van der Waals surface area contributed by atoms with Crippen molar-refractivity contribution in [1.82, 2.24) is 0 Å². The first-order chi connectivity index (χ1) is 12.3. The maximum Gasteiger partial charge on any atom is 0.0719 e. The van der Waals surface area contributed by atoms with Gasteiger partial charge in [0.05, 0.1) is 4.75 Å². The number of rotatable bonds is 9. The Morgan fingerprint density at radius 3 is 2.68 bits per heavy atom. The second-order valence-electron chi connectivity index (χ2n) is 6.30. The minimum atomic E-state index is -0.0635. The first-order valence-corrected chi connectivity index (χ1v) is 10.3. The van der Waals surface area contributed by atoms with Gasteiger partial charge in [0.25, 0.3) is 0 Å². The van der Waals surface area contributed by atoms with E-state index in [1.165, 1.54) is 29.7 Å². The van der Waals surface area contributed by atoms with Crippen LogP contribution >= 0.6 is 11.8 Å². The quantitative estimate of drug-likeness (QED) is 0.334. The zero-order valence-corrected chi connectivity index (χ0v) is 16.3. The fourth-order valence-electron chi connectivity index (χ4n) is 3.42. The minimum Gasteiger partial charge on any atom is -0.145 e. The molecule has 2 unspecified atom stereocenters. The smallest absolute Gasteiger partial charge is 0.0719 e. The first kappa shape index (κ1) is 19.6. The first-order valence-electron chi connectivity index (χ1n) is 9.28. The van der Waals surface area contributed by atoms with Crippen molar-refractivity contribution in [2.45, 2.75) is 37.9 Å². The van der Waals surface area contributed by atoms with Crippen LogP contribution in [0.5, 0.6) is 0 Å². The molecule has 1 heteroatoms. The number of thioether (sulfide) groups is 1. The Bertz CT molecular complexity index is 648. The molecule has 2 atom stereocenters. The second kappa shape index (κ2) is 10.3. The fraction of sp³-hybridized carbons (Fsp3) is 0.333. The Balaban J connectivity index is 2.59. The van der Waals surface area contributed by atoms with Crippen molar-refractivity contribution in [2.75, 3.05) is 5.75 Å². The third-order valence-corrected chi connectivity index (χ3v) is 6.41. The predicted molar refractivity (Wildman–Crippen MR) is 115 cm³/mol. The lowest BCUT2D eigenvalue weighted by atomic mass is 9.76. The highest BCUT2D eigenvalue weighted by atomic mass is 32.2. The molecular formula is C24H30S. The summed E-state index contributed by atoms with van der Waals surface area (Å²) in [6.07, 6.45) is 21.0. The lowest BCUT2D eigenvalue weighted by Gasteiger charge is -2.41. The Morgan fingerprint density at radius 1 is 1.28 bits per heavy atom.